The molecular weight excluding hydrogens is 302 g/mol. The second-order valence-electron chi connectivity index (χ2n) is 8.30. The molecule has 4 nitrogen and oxygen atoms in total. The number of carbonyl (C=O) groups is 1. The number of hydrogen-bond donors (Lipinski definition) is 1. The van der Waals surface area contributed by atoms with Gasteiger partial charge in [-0.15, -0.1) is 0 Å². The zero-order valence-electron chi connectivity index (χ0n) is 15.6. The van der Waals surface area contributed by atoms with Crippen molar-refractivity contribution in [3.8, 4) is 0 Å². The van der Waals surface area contributed by atoms with Crippen molar-refractivity contribution in [3.05, 3.63) is 35.9 Å². The number of alkyl carbamates (subject to hydrolysis) is 1. The quantitative estimate of drug-likeness (QED) is 0.832. The van der Waals surface area contributed by atoms with E-state index in [4.69, 9.17) is 9.47 Å². The summed E-state index contributed by atoms with van der Waals surface area (Å²) in [6, 6.07) is 9.58. The lowest BCUT2D eigenvalue weighted by Crippen LogP contribution is -2.42. The summed E-state index contributed by atoms with van der Waals surface area (Å²) >= 11 is 0. The van der Waals surface area contributed by atoms with E-state index in [1.54, 1.807) is 0 Å². The minimum absolute atomic E-state index is 0.0829. The number of carbonyl (C=O) groups excluding carboxylic acids is 1. The molecule has 2 rings (SSSR count). The van der Waals surface area contributed by atoms with E-state index in [2.05, 4.69) is 33.0 Å². The number of benzene rings is 1. The normalized spacial score (nSPS) is 20.5. The van der Waals surface area contributed by atoms with Gasteiger partial charge in [0.25, 0.3) is 0 Å². The summed E-state index contributed by atoms with van der Waals surface area (Å²) in [7, 11) is 0. The van der Waals surface area contributed by atoms with Crippen LogP contribution >= 0.6 is 0 Å². The molecule has 0 radical (unpaired) electrons. The van der Waals surface area contributed by atoms with E-state index in [9.17, 15) is 4.79 Å². The van der Waals surface area contributed by atoms with E-state index in [1.807, 2.05) is 37.3 Å². The number of rotatable bonds is 6. The molecule has 1 atom stereocenters. The Balaban J connectivity index is 1.74. The lowest BCUT2D eigenvalue weighted by molar-refractivity contribution is -0.0637. The molecule has 24 heavy (non-hydrogen) atoms. The van der Waals surface area contributed by atoms with Gasteiger partial charge in [-0.3, -0.25) is 0 Å². The minimum Gasteiger partial charge on any atom is -0.445 e. The SMILES string of the molecule is CC(COC1C(C)(C)CCC1(C)C)NC(=O)OCc1ccccc1. The molecule has 1 N–H and O–H groups in total. The van der Waals surface area contributed by atoms with Gasteiger partial charge in [-0.1, -0.05) is 58.0 Å². The molecule has 0 spiro atoms. The molecule has 1 saturated carbocycles. The molecule has 0 bridgehead atoms. The molecule has 1 fully saturated rings. The molecule has 1 unspecified atom stereocenters. The van der Waals surface area contributed by atoms with Crippen LogP contribution < -0.4 is 5.32 Å². The zero-order chi connectivity index (χ0) is 17.8. The lowest BCUT2D eigenvalue weighted by atomic mass is 9.81. The van der Waals surface area contributed by atoms with Crippen LogP contribution in [0, 0.1) is 10.8 Å². The summed E-state index contributed by atoms with van der Waals surface area (Å²) in [6.07, 6.45) is 2.14. The van der Waals surface area contributed by atoms with Crippen molar-refractivity contribution >= 4 is 6.09 Å². The molecule has 1 aliphatic carbocycles. The van der Waals surface area contributed by atoms with Crippen LogP contribution in [0.4, 0.5) is 4.79 Å². The molecule has 4 heteroatoms. The Labute approximate surface area is 145 Å². The summed E-state index contributed by atoms with van der Waals surface area (Å²) in [5.41, 5.74) is 1.33. The van der Waals surface area contributed by atoms with Crippen molar-refractivity contribution in [2.75, 3.05) is 6.61 Å². The summed E-state index contributed by atoms with van der Waals surface area (Å²) in [5, 5.41) is 2.84. The monoisotopic (exact) mass is 333 g/mol. The first-order valence-electron chi connectivity index (χ1n) is 8.79. The van der Waals surface area contributed by atoms with E-state index >= 15 is 0 Å². The standard InChI is InChI=1S/C20H31NO3/c1-15(13-23-17-19(2,3)11-12-20(17,4)5)21-18(22)24-14-16-9-7-6-8-10-16/h6-10,15,17H,11-14H2,1-5H3,(H,21,22). The molecule has 134 valence electrons. The maximum atomic E-state index is 11.9. The maximum absolute atomic E-state index is 11.9. The van der Waals surface area contributed by atoms with Gasteiger partial charge in [0.2, 0.25) is 0 Å². The Hall–Kier alpha value is -1.55. The fraction of sp³-hybridized carbons (Fsp3) is 0.650. The highest BCUT2D eigenvalue weighted by Crippen LogP contribution is 2.50. The minimum atomic E-state index is -0.403. The Kier molecular flexibility index (Phi) is 5.92. The third-order valence-electron chi connectivity index (χ3n) is 4.92. The van der Waals surface area contributed by atoms with Crippen molar-refractivity contribution in [3.63, 3.8) is 0 Å². The van der Waals surface area contributed by atoms with Crippen molar-refractivity contribution in [1.29, 1.82) is 0 Å². The third-order valence-corrected chi connectivity index (χ3v) is 4.92. The van der Waals surface area contributed by atoms with Crippen molar-refractivity contribution < 1.29 is 14.3 Å². The van der Waals surface area contributed by atoms with Gasteiger partial charge in [0.15, 0.2) is 0 Å². The first-order valence-corrected chi connectivity index (χ1v) is 8.79. The van der Waals surface area contributed by atoms with Gasteiger partial charge in [0.05, 0.1) is 18.8 Å². The largest absolute Gasteiger partial charge is 0.445 e. The van der Waals surface area contributed by atoms with Gasteiger partial charge in [-0.2, -0.15) is 0 Å². The summed E-state index contributed by atoms with van der Waals surface area (Å²) in [5.74, 6) is 0. The molecule has 0 aliphatic heterocycles. The molecular formula is C20H31NO3. The average molecular weight is 333 g/mol. The fourth-order valence-electron chi connectivity index (χ4n) is 3.66. The summed E-state index contributed by atoms with van der Waals surface area (Å²) in [4.78, 5) is 11.9. The van der Waals surface area contributed by atoms with Gasteiger partial charge in [-0.05, 0) is 36.2 Å². The van der Waals surface area contributed by atoms with Crippen LogP contribution in [0.25, 0.3) is 0 Å². The number of ether oxygens (including phenoxy) is 2. The Morgan fingerprint density at radius 2 is 1.75 bits per heavy atom. The maximum Gasteiger partial charge on any atom is 0.407 e. The highest BCUT2D eigenvalue weighted by atomic mass is 16.5. The molecule has 0 heterocycles. The van der Waals surface area contributed by atoms with E-state index in [-0.39, 0.29) is 29.6 Å². The van der Waals surface area contributed by atoms with E-state index < -0.39 is 6.09 Å². The molecule has 0 aromatic heterocycles. The van der Waals surface area contributed by atoms with Gasteiger partial charge in [0, 0.05) is 0 Å². The van der Waals surface area contributed by atoms with Crippen LogP contribution in [0.5, 0.6) is 0 Å². The van der Waals surface area contributed by atoms with Crippen molar-refractivity contribution in [2.24, 2.45) is 10.8 Å². The van der Waals surface area contributed by atoms with E-state index in [1.165, 1.54) is 12.8 Å². The van der Waals surface area contributed by atoms with Gasteiger partial charge >= 0.3 is 6.09 Å². The Bertz CT molecular complexity index is 523. The highest BCUT2D eigenvalue weighted by Gasteiger charge is 2.47. The van der Waals surface area contributed by atoms with Crippen molar-refractivity contribution in [2.45, 2.75) is 66.2 Å². The number of nitrogens with one attached hydrogen (secondary N) is 1. The van der Waals surface area contributed by atoms with Gasteiger partial charge < -0.3 is 14.8 Å². The Morgan fingerprint density at radius 3 is 2.33 bits per heavy atom. The van der Waals surface area contributed by atoms with Crippen LogP contribution in [0.1, 0.15) is 53.0 Å². The van der Waals surface area contributed by atoms with Crippen LogP contribution in [0.2, 0.25) is 0 Å². The molecule has 1 aliphatic rings. The topological polar surface area (TPSA) is 47.6 Å². The summed E-state index contributed by atoms with van der Waals surface area (Å²) in [6.45, 7) is 11.8. The number of amides is 1. The first-order chi connectivity index (χ1) is 11.2. The van der Waals surface area contributed by atoms with Crippen LogP contribution in [0.15, 0.2) is 30.3 Å². The molecule has 1 amide bonds. The highest BCUT2D eigenvalue weighted by molar-refractivity contribution is 5.67. The zero-order valence-corrected chi connectivity index (χ0v) is 15.6. The van der Waals surface area contributed by atoms with Crippen LogP contribution in [0.3, 0.4) is 0 Å². The van der Waals surface area contributed by atoms with Gasteiger partial charge in [-0.25, -0.2) is 4.79 Å². The van der Waals surface area contributed by atoms with Crippen molar-refractivity contribution in [1.82, 2.24) is 5.32 Å². The molecule has 1 aromatic rings. The Morgan fingerprint density at radius 1 is 1.17 bits per heavy atom. The molecule has 1 aromatic carbocycles. The molecule has 0 saturated heterocycles. The first kappa shape index (κ1) is 18.8. The average Bonchev–Trinajstić information content (AvgIpc) is 2.73. The lowest BCUT2D eigenvalue weighted by Gasteiger charge is -2.36. The van der Waals surface area contributed by atoms with Crippen LogP contribution in [-0.2, 0) is 16.1 Å². The predicted molar refractivity (Wildman–Crippen MR) is 95.8 cm³/mol. The smallest absolute Gasteiger partial charge is 0.407 e. The van der Waals surface area contributed by atoms with E-state index in [0.29, 0.717) is 6.61 Å². The predicted octanol–water partition coefficient (Wildman–Crippen LogP) is 4.53. The van der Waals surface area contributed by atoms with E-state index in [0.717, 1.165) is 5.56 Å². The summed E-state index contributed by atoms with van der Waals surface area (Å²) < 4.78 is 11.4. The van der Waals surface area contributed by atoms with Gasteiger partial charge in [0.1, 0.15) is 6.61 Å². The second-order valence-corrected chi connectivity index (χ2v) is 8.30. The second kappa shape index (κ2) is 7.56. The number of hydrogen-bond acceptors (Lipinski definition) is 3. The third kappa shape index (κ3) is 4.97. The fourth-order valence-corrected chi connectivity index (χ4v) is 3.66. The van der Waals surface area contributed by atoms with Crippen LogP contribution in [-0.4, -0.2) is 24.8 Å².